The molecule has 1 aromatic rings. The van der Waals surface area contributed by atoms with Gasteiger partial charge in [0, 0.05) is 31.5 Å². The Kier molecular flexibility index (Phi) is 5.77. The molecule has 2 heterocycles. The largest absolute Gasteiger partial charge is 0.444 e. The molecule has 0 radical (unpaired) electrons. The fraction of sp³-hybridized carbons (Fsp3) is 0.647. The molecule has 0 aromatic carbocycles. The van der Waals surface area contributed by atoms with Crippen molar-refractivity contribution >= 4 is 6.09 Å². The van der Waals surface area contributed by atoms with Crippen molar-refractivity contribution in [2.24, 2.45) is 0 Å². The SMILES string of the molecule is CC(C)(C)OC(=O)NC[C@@H]1CCCN1CCc1ccncc1. The van der Waals surface area contributed by atoms with E-state index in [1.807, 2.05) is 33.2 Å². The maximum absolute atomic E-state index is 11.7. The zero-order chi connectivity index (χ0) is 16.0. The van der Waals surface area contributed by atoms with Gasteiger partial charge in [0.2, 0.25) is 0 Å². The monoisotopic (exact) mass is 305 g/mol. The van der Waals surface area contributed by atoms with Crippen molar-refractivity contribution in [3.05, 3.63) is 30.1 Å². The zero-order valence-corrected chi connectivity index (χ0v) is 13.8. The normalized spacial score (nSPS) is 19.1. The van der Waals surface area contributed by atoms with Gasteiger partial charge in [0.25, 0.3) is 0 Å². The number of nitrogens with zero attached hydrogens (tertiary/aromatic N) is 2. The maximum atomic E-state index is 11.7. The van der Waals surface area contributed by atoms with Gasteiger partial charge in [-0.15, -0.1) is 0 Å². The third-order valence-electron chi connectivity index (χ3n) is 3.82. The lowest BCUT2D eigenvalue weighted by Crippen LogP contribution is -2.42. The standard InChI is InChI=1S/C17H27N3O2/c1-17(2,3)22-16(21)19-13-15-5-4-11-20(15)12-8-14-6-9-18-10-7-14/h6-7,9-10,15H,4-5,8,11-13H2,1-3H3,(H,19,21)/t15-/m0/s1. The topological polar surface area (TPSA) is 54.5 Å². The highest BCUT2D eigenvalue weighted by Crippen LogP contribution is 2.17. The maximum Gasteiger partial charge on any atom is 0.407 e. The molecule has 0 aliphatic carbocycles. The average molecular weight is 305 g/mol. The summed E-state index contributed by atoms with van der Waals surface area (Å²) < 4.78 is 5.29. The average Bonchev–Trinajstić information content (AvgIpc) is 2.90. The van der Waals surface area contributed by atoms with Gasteiger partial charge in [-0.1, -0.05) is 0 Å². The molecule has 1 aliphatic rings. The van der Waals surface area contributed by atoms with Crippen LogP contribution in [0.25, 0.3) is 0 Å². The molecule has 0 bridgehead atoms. The first kappa shape index (κ1) is 16.7. The highest BCUT2D eigenvalue weighted by molar-refractivity contribution is 5.67. The molecule has 2 rings (SSSR count). The fourth-order valence-corrected chi connectivity index (χ4v) is 2.76. The zero-order valence-electron chi connectivity index (χ0n) is 13.8. The van der Waals surface area contributed by atoms with Gasteiger partial charge in [-0.05, 0) is 64.3 Å². The Morgan fingerprint density at radius 1 is 1.41 bits per heavy atom. The minimum Gasteiger partial charge on any atom is -0.444 e. The third kappa shape index (κ3) is 5.64. The van der Waals surface area contributed by atoms with Crippen LogP contribution in [0.4, 0.5) is 4.79 Å². The molecule has 1 amide bonds. The summed E-state index contributed by atoms with van der Waals surface area (Å²) in [5, 5.41) is 2.90. The van der Waals surface area contributed by atoms with Crippen molar-refractivity contribution in [3.8, 4) is 0 Å². The number of rotatable bonds is 5. The van der Waals surface area contributed by atoms with Crippen molar-refractivity contribution in [2.45, 2.75) is 51.7 Å². The van der Waals surface area contributed by atoms with E-state index in [1.165, 1.54) is 12.0 Å². The number of pyridine rings is 1. The lowest BCUT2D eigenvalue weighted by atomic mass is 10.1. The summed E-state index contributed by atoms with van der Waals surface area (Å²) in [6.45, 7) is 8.41. The number of amides is 1. The van der Waals surface area contributed by atoms with Crippen LogP contribution in [-0.2, 0) is 11.2 Å². The quantitative estimate of drug-likeness (QED) is 0.908. The summed E-state index contributed by atoms with van der Waals surface area (Å²) in [5.41, 5.74) is 0.863. The van der Waals surface area contributed by atoms with Gasteiger partial charge in [0.15, 0.2) is 0 Å². The van der Waals surface area contributed by atoms with Crippen LogP contribution in [0.15, 0.2) is 24.5 Å². The smallest absolute Gasteiger partial charge is 0.407 e. The molecular formula is C17H27N3O2. The summed E-state index contributed by atoms with van der Waals surface area (Å²) in [7, 11) is 0. The van der Waals surface area contributed by atoms with Crippen molar-refractivity contribution in [1.29, 1.82) is 0 Å². The first-order valence-electron chi connectivity index (χ1n) is 8.04. The van der Waals surface area contributed by atoms with E-state index in [0.717, 1.165) is 25.9 Å². The van der Waals surface area contributed by atoms with Gasteiger partial charge in [0.1, 0.15) is 5.60 Å². The molecule has 1 N–H and O–H groups in total. The molecule has 1 aromatic heterocycles. The number of aromatic nitrogens is 1. The summed E-state index contributed by atoms with van der Waals surface area (Å²) in [5.74, 6) is 0. The van der Waals surface area contributed by atoms with E-state index < -0.39 is 5.60 Å². The van der Waals surface area contributed by atoms with E-state index >= 15 is 0 Å². The van der Waals surface area contributed by atoms with Crippen molar-refractivity contribution in [2.75, 3.05) is 19.6 Å². The van der Waals surface area contributed by atoms with Crippen molar-refractivity contribution < 1.29 is 9.53 Å². The predicted octanol–water partition coefficient (Wildman–Crippen LogP) is 2.61. The Bertz CT molecular complexity index is 471. The highest BCUT2D eigenvalue weighted by atomic mass is 16.6. The molecule has 122 valence electrons. The van der Waals surface area contributed by atoms with Crippen LogP contribution in [0.1, 0.15) is 39.2 Å². The van der Waals surface area contributed by atoms with E-state index in [-0.39, 0.29) is 6.09 Å². The Balaban J connectivity index is 1.75. The highest BCUT2D eigenvalue weighted by Gasteiger charge is 2.25. The number of alkyl carbamates (subject to hydrolysis) is 1. The van der Waals surface area contributed by atoms with Gasteiger partial charge in [0.05, 0.1) is 0 Å². The lowest BCUT2D eigenvalue weighted by molar-refractivity contribution is 0.0513. The predicted molar refractivity (Wildman–Crippen MR) is 86.8 cm³/mol. The Morgan fingerprint density at radius 2 is 2.14 bits per heavy atom. The minimum atomic E-state index is -0.444. The van der Waals surface area contributed by atoms with Gasteiger partial charge >= 0.3 is 6.09 Å². The number of nitrogens with one attached hydrogen (secondary N) is 1. The first-order valence-corrected chi connectivity index (χ1v) is 8.04. The first-order chi connectivity index (χ1) is 10.4. The second-order valence-electron chi connectivity index (χ2n) is 6.82. The van der Waals surface area contributed by atoms with Gasteiger partial charge in [-0.25, -0.2) is 4.79 Å². The van der Waals surface area contributed by atoms with E-state index in [4.69, 9.17) is 4.74 Å². The van der Waals surface area contributed by atoms with Crippen LogP contribution < -0.4 is 5.32 Å². The lowest BCUT2D eigenvalue weighted by Gasteiger charge is -2.26. The molecule has 5 nitrogen and oxygen atoms in total. The van der Waals surface area contributed by atoms with Crippen molar-refractivity contribution in [3.63, 3.8) is 0 Å². The van der Waals surface area contributed by atoms with Gasteiger partial charge in [-0.2, -0.15) is 0 Å². The number of hydrogen-bond donors (Lipinski definition) is 1. The molecule has 0 spiro atoms. The van der Waals surface area contributed by atoms with Crippen LogP contribution in [0.2, 0.25) is 0 Å². The molecule has 1 atom stereocenters. The molecule has 22 heavy (non-hydrogen) atoms. The summed E-state index contributed by atoms with van der Waals surface area (Å²) in [6, 6.07) is 4.53. The number of carbonyl (C=O) groups is 1. The number of likely N-dealkylation sites (tertiary alicyclic amines) is 1. The molecule has 5 heteroatoms. The minimum absolute atomic E-state index is 0.325. The summed E-state index contributed by atoms with van der Waals surface area (Å²) in [6.07, 6.45) is 6.68. The Morgan fingerprint density at radius 3 is 2.82 bits per heavy atom. The van der Waals surface area contributed by atoms with Crippen LogP contribution >= 0.6 is 0 Å². The van der Waals surface area contributed by atoms with Crippen LogP contribution in [-0.4, -0.2) is 47.3 Å². The van der Waals surface area contributed by atoms with Gasteiger partial charge < -0.3 is 10.1 Å². The number of hydrogen-bond acceptors (Lipinski definition) is 4. The Hall–Kier alpha value is -1.62. The van der Waals surface area contributed by atoms with E-state index in [2.05, 4.69) is 27.3 Å². The molecule has 1 fully saturated rings. The fourth-order valence-electron chi connectivity index (χ4n) is 2.76. The van der Waals surface area contributed by atoms with Crippen molar-refractivity contribution in [1.82, 2.24) is 15.2 Å². The number of carbonyl (C=O) groups excluding carboxylic acids is 1. The van der Waals surface area contributed by atoms with E-state index in [1.54, 1.807) is 0 Å². The van der Waals surface area contributed by atoms with E-state index in [9.17, 15) is 4.79 Å². The molecular weight excluding hydrogens is 278 g/mol. The second kappa shape index (κ2) is 7.58. The van der Waals surface area contributed by atoms with Crippen LogP contribution in [0, 0.1) is 0 Å². The summed E-state index contributed by atoms with van der Waals surface area (Å²) in [4.78, 5) is 18.2. The molecule has 0 saturated carbocycles. The molecule has 0 unspecified atom stereocenters. The summed E-state index contributed by atoms with van der Waals surface area (Å²) >= 11 is 0. The molecule has 1 aliphatic heterocycles. The second-order valence-corrected chi connectivity index (χ2v) is 6.82. The van der Waals surface area contributed by atoms with Gasteiger partial charge in [-0.3, -0.25) is 9.88 Å². The third-order valence-corrected chi connectivity index (χ3v) is 3.82. The Labute approximate surface area is 133 Å². The van der Waals surface area contributed by atoms with E-state index in [0.29, 0.717) is 12.6 Å². The van der Waals surface area contributed by atoms with Crippen LogP contribution in [0.5, 0.6) is 0 Å². The molecule has 1 saturated heterocycles. The number of ether oxygens (including phenoxy) is 1. The van der Waals surface area contributed by atoms with Crippen LogP contribution in [0.3, 0.4) is 0 Å².